The fourth-order valence-corrected chi connectivity index (χ4v) is 2.99. The molecule has 2 heterocycles. The Morgan fingerprint density at radius 3 is 2.39 bits per heavy atom. The predicted molar refractivity (Wildman–Crippen MR) is 105 cm³/mol. The number of carbonyl (C=O) groups is 2. The molecular formula is C22H17N3O3. The highest BCUT2D eigenvalue weighted by Crippen LogP contribution is 2.28. The Morgan fingerprint density at radius 2 is 1.71 bits per heavy atom. The van der Waals surface area contributed by atoms with Crippen LogP contribution in [0, 0.1) is 0 Å². The molecular weight excluding hydrogens is 354 g/mol. The number of hydrogen-bond acceptors (Lipinski definition) is 4. The number of benzene rings is 2. The van der Waals surface area contributed by atoms with Gasteiger partial charge in [-0.25, -0.2) is 0 Å². The zero-order valence-electron chi connectivity index (χ0n) is 14.8. The van der Waals surface area contributed by atoms with E-state index in [1.54, 1.807) is 0 Å². The fraction of sp³-hybridized carbons (Fsp3) is 0.0455. The minimum Gasteiger partial charge on any atom is -0.459 e. The van der Waals surface area contributed by atoms with Crippen LogP contribution in [0.4, 0.5) is 0 Å². The van der Waals surface area contributed by atoms with E-state index in [0.717, 1.165) is 16.5 Å². The average molecular weight is 371 g/mol. The number of aromatic nitrogens is 1. The molecule has 0 saturated heterocycles. The first-order chi connectivity index (χ1) is 13.6. The minimum absolute atomic E-state index is 0.182. The zero-order chi connectivity index (χ0) is 19.5. The Balaban J connectivity index is 1.67. The minimum atomic E-state index is -0.594. The Bertz CT molecular complexity index is 1100. The number of hydrogen-bond donors (Lipinski definition) is 2. The van der Waals surface area contributed by atoms with Crippen molar-refractivity contribution in [1.29, 1.82) is 0 Å². The van der Waals surface area contributed by atoms with E-state index in [-0.39, 0.29) is 17.2 Å². The monoisotopic (exact) mass is 371 g/mol. The molecule has 6 nitrogen and oxygen atoms in total. The van der Waals surface area contributed by atoms with Gasteiger partial charge in [-0.1, -0.05) is 48.5 Å². The summed E-state index contributed by atoms with van der Waals surface area (Å²) >= 11 is 0. The number of nitrogens with one attached hydrogen (secondary N) is 1. The molecule has 0 saturated carbocycles. The third-order valence-electron chi connectivity index (χ3n) is 4.42. The molecule has 2 aromatic carbocycles. The van der Waals surface area contributed by atoms with Crippen molar-refractivity contribution in [2.45, 2.75) is 6.04 Å². The lowest BCUT2D eigenvalue weighted by atomic mass is 10.0. The van der Waals surface area contributed by atoms with Crippen LogP contribution in [0.2, 0.25) is 0 Å². The first kappa shape index (κ1) is 17.5. The summed E-state index contributed by atoms with van der Waals surface area (Å²) in [5, 5.41) is 3.92. The Morgan fingerprint density at radius 1 is 0.964 bits per heavy atom. The van der Waals surface area contributed by atoms with Crippen LogP contribution < -0.4 is 11.1 Å². The normalized spacial score (nSPS) is 11.9. The maximum absolute atomic E-state index is 12.8. The summed E-state index contributed by atoms with van der Waals surface area (Å²) < 4.78 is 5.98. The van der Waals surface area contributed by atoms with Crippen molar-refractivity contribution in [3.8, 4) is 0 Å². The topological polar surface area (TPSA) is 98.2 Å². The second-order valence-corrected chi connectivity index (χ2v) is 6.30. The molecule has 1 atom stereocenters. The number of amides is 2. The lowest BCUT2D eigenvalue weighted by Crippen LogP contribution is -2.29. The quantitative estimate of drug-likeness (QED) is 0.561. The van der Waals surface area contributed by atoms with E-state index in [4.69, 9.17) is 10.2 Å². The summed E-state index contributed by atoms with van der Waals surface area (Å²) in [7, 11) is 0. The summed E-state index contributed by atoms with van der Waals surface area (Å²) in [4.78, 5) is 28.0. The molecule has 138 valence electrons. The summed E-state index contributed by atoms with van der Waals surface area (Å²) in [6.45, 7) is 0. The highest BCUT2D eigenvalue weighted by molar-refractivity contribution is 5.95. The number of rotatable bonds is 5. The number of para-hydroxylation sites is 1. The molecule has 0 aliphatic carbocycles. The maximum atomic E-state index is 12.8. The Hall–Kier alpha value is -3.93. The number of nitrogens with zero attached hydrogens (tertiary/aromatic N) is 1. The number of furan rings is 1. The highest BCUT2D eigenvalue weighted by atomic mass is 16.3. The van der Waals surface area contributed by atoms with Crippen molar-refractivity contribution >= 4 is 22.8 Å². The van der Waals surface area contributed by atoms with Crippen molar-refractivity contribution in [3.05, 3.63) is 102 Å². The van der Waals surface area contributed by atoms with Gasteiger partial charge in [0.1, 0.15) is 23.1 Å². The largest absolute Gasteiger partial charge is 0.459 e. The van der Waals surface area contributed by atoms with Crippen LogP contribution in [0.1, 0.15) is 38.2 Å². The van der Waals surface area contributed by atoms with Gasteiger partial charge in [0.2, 0.25) is 5.91 Å². The van der Waals surface area contributed by atoms with Gasteiger partial charge in [-0.05, 0) is 29.8 Å². The van der Waals surface area contributed by atoms with Gasteiger partial charge in [-0.15, -0.1) is 0 Å². The molecule has 0 unspecified atom stereocenters. The van der Waals surface area contributed by atoms with Crippen LogP contribution in [0.25, 0.3) is 11.0 Å². The number of primary amides is 1. The predicted octanol–water partition coefficient (Wildman–Crippen LogP) is 3.45. The van der Waals surface area contributed by atoms with Crippen molar-refractivity contribution in [2.75, 3.05) is 0 Å². The van der Waals surface area contributed by atoms with E-state index in [1.807, 2.05) is 60.7 Å². The van der Waals surface area contributed by atoms with Crippen LogP contribution >= 0.6 is 0 Å². The summed E-state index contributed by atoms with van der Waals surface area (Å²) in [6, 6.07) is 21.6. The van der Waals surface area contributed by atoms with E-state index in [2.05, 4.69) is 10.3 Å². The van der Waals surface area contributed by atoms with E-state index in [0.29, 0.717) is 5.76 Å². The van der Waals surface area contributed by atoms with Gasteiger partial charge in [0.25, 0.3) is 5.91 Å². The second kappa shape index (κ2) is 7.36. The van der Waals surface area contributed by atoms with Crippen LogP contribution in [0.5, 0.6) is 0 Å². The van der Waals surface area contributed by atoms with Gasteiger partial charge in [-0.3, -0.25) is 14.6 Å². The molecule has 2 amide bonds. The molecule has 0 bridgehead atoms. The zero-order valence-corrected chi connectivity index (χ0v) is 14.8. The lowest BCUT2D eigenvalue weighted by Gasteiger charge is -2.17. The third kappa shape index (κ3) is 3.48. The van der Waals surface area contributed by atoms with Gasteiger partial charge in [0.05, 0.1) is 5.56 Å². The first-order valence-electron chi connectivity index (χ1n) is 8.72. The summed E-state index contributed by atoms with van der Waals surface area (Å²) in [5.74, 6) is -0.358. The van der Waals surface area contributed by atoms with E-state index >= 15 is 0 Å². The molecule has 3 N–H and O–H groups in total. The molecule has 28 heavy (non-hydrogen) atoms. The van der Waals surface area contributed by atoms with Gasteiger partial charge in [-0.2, -0.15) is 0 Å². The molecule has 0 radical (unpaired) electrons. The van der Waals surface area contributed by atoms with Gasteiger partial charge < -0.3 is 15.5 Å². The van der Waals surface area contributed by atoms with Gasteiger partial charge in [0.15, 0.2) is 0 Å². The van der Waals surface area contributed by atoms with Crippen LogP contribution in [0.15, 0.2) is 83.4 Å². The van der Waals surface area contributed by atoms with Crippen molar-refractivity contribution in [2.24, 2.45) is 5.73 Å². The lowest BCUT2D eigenvalue weighted by molar-refractivity contribution is 0.0931. The molecule has 0 aliphatic heterocycles. The van der Waals surface area contributed by atoms with Crippen LogP contribution in [-0.2, 0) is 0 Å². The molecule has 0 aliphatic rings. The Labute approximate surface area is 161 Å². The SMILES string of the molecule is NC(=O)c1ccc(C(=O)N[C@@H](c2ccccc2)c2cc3ccccc3o2)nc1. The first-order valence-corrected chi connectivity index (χ1v) is 8.72. The molecule has 4 aromatic rings. The molecule has 2 aromatic heterocycles. The van der Waals surface area contributed by atoms with Crippen LogP contribution in [0.3, 0.4) is 0 Å². The van der Waals surface area contributed by atoms with Crippen molar-refractivity contribution in [3.63, 3.8) is 0 Å². The van der Waals surface area contributed by atoms with E-state index in [1.165, 1.54) is 18.3 Å². The molecule has 0 fully saturated rings. The van der Waals surface area contributed by atoms with Crippen molar-refractivity contribution < 1.29 is 14.0 Å². The van der Waals surface area contributed by atoms with Gasteiger partial charge in [0, 0.05) is 11.6 Å². The number of carbonyl (C=O) groups excluding carboxylic acids is 2. The number of pyridine rings is 1. The number of fused-ring (bicyclic) bond motifs is 1. The molecule has 0 spiro atoms. The third-order valence-corrected chi connectivity index (χ3v) is 4.42. The summed E-state index contributed by atoms with van der Waals surface area (Å²) in [5.41, 5.74) is 7.27. The smallest absolute Gasteiger partial charge is 0.270 e. The van der Waals surface area contributed by atoms with E-state index in [9.17, 15) is 9.59 Å². The van der Waals surface area contributed by atoms with Crippen LogP contribution in [-0.4, -0.2) is 16.8 Å². The summed E-state index contributed by atoms with van der Waals surface area (Å²) in [6.07, 6.45) is 1.29. The second-order valence-electron chi connectivity index (χ2n) is 6.30. The van der Waals surface area contributed by atoms with E-state index < -0.39 is 11.9 Å². The maximum Gasteiger partial charge on any atom is 0.270 e. The molecule has 4 rings (SSSR count). The molecule has 6 heteroatoms. The highest BCUT2D eigenvalue weighted by Gasteiger charge is 2.22. The van der Waals surface area contributed by atoms with Gasteiger partial charge >= 0.3 is 0 Å². The number of nitrogens with two attached hydrogens (primary N) is 1. The standard InChI is InChI=1S/C22H17N3O3/c23-21(26)16-10-11-17(24-13-16)22(27)25-20(14-6-2-1-3-7-14)19-12-15-8-4-5-9-18(15)28-19/h1-13,20H,(H2,23,26)(H,25,27)/t20-/m0/s1. The Kier molecular flexibility index (Phi) is 4.60. The average Bonchev–Trinajstić information content (AvgIpc) is 3.16. The fourth-order valence-electron chi connectivity index (χ4n) is 2.99. The van der Waals surface area contributed by atoms with Crippen molar-refractivity contribution in [1.82, 2.24) is 10.3 Å².